The first-order valence-corrected chi connectivity index (χ1v) is 6.74. The Morgan fingerprint density at radius 1 is 1.39 bits per heavy atom. The van der Waals surface area contributed by atoms with Gasteiger partial charge in [-0.1, -0.05) is 33.1 Å². The van der Waals surface area contributed by atoms with Crippen LogP contribution < -0.4 is 34.8 Å². The average Bonchev–Trinajstić information content (AvgIpc) is 2.35. The molecule has 0 N–H and O–H groups in total. The van der Waals surface area contributed by atoms with Gasteiger partial charge in [-0.2, -0.15) is 4.33 Å². The van der Waals surface area contributed by atoms with Crippen LogP contribution in [0.5, 0.6) is 0 Å². The molecule has 0 saturated carbocycles. The predicted octanol–water partition coefficient (Wildman–Crippen LogP) is -0.990. The molecule has 0 aromatic heterocycles. The predicted molar refractivity (Wildman–Crippen MR) is 63.5 cm³/mol. The molecule has 102 valence electrons. The zero-order valence-electron chi connectivity index (χ0n) is 11.6. The summed E-state index contributed by atoms with van der Waals surface area (Å²) in [6, 6.07) is 0. The summed E-state index contributed by atoms with van der Waals surface area (Å²) in [5, 5.41) is 12.2. The summed E-state index contributed by atoms with van der Waals surface area (Å²) in [5.74, 6) is 0.0229. The van der Waals surface area contributed by atoms with Crippen LogP contribution in [-0.4, -0.2) is 17.8 Å². The van der Waals surface area contributed by atoms with Crippen LogP contribution in [0.4, 0.5) is 0 Å². The van der Waals surface area contributed by atoms with Gasteiger partial charge < -0.3 is 9.99 Å². The van der Waals surface area contributed by atoms with Crippen LogP contribution in [0.1, 0.15) is 46.5 Å². The standard InChI is InChI=1S/C11H22O5S.Na/c1-4-6-7-10(5-2)8-14-11(12)9(3)17-16-15-13;/h9-10,13H,4-8H2,1-3H3;/q;+1/p-1. The molecule has 0 fully saturated rings. The van der Waals surface area contributed by atoms with E-state index in [-0.39, 0.29) is 35.5 Å². The summed E-state index contributed by atoms with van der Waals surface area (Å²) >= 11 is 0.652. The number of carbonyl (C=O) groups is 1. The van der Waals surface area contributed by atoms with Crippen molar-refractivity contribution in [2.75, 3.05) is 6.61 Å². The van der Waals surface area contributed by atoms with E-state index in [1.807, 2.05) is 0 Å². The van der Waals surface area contributed by atoms with Gasteiger partial charge in [-0.3, -0.25) is 9.83 Å². The molecular formula is C11H21NaO5S. The first-order valence-electron chi connectivity index (χ1n) is 5.94. The van der Waals surface area contributed by atoms with Crippen molar-refractivity contribution in [3.8, 4) is 0 Å². The summed E-state index contributed by atoms with van der Waals surface area (Å²) in [6.45, 7) is 6.25. The second-order valence-corrected chi connectivity index (χ2v) is 4.96. The van der Waals surface area contributed by atoms with E-state index < -0.39 is 5.25 Å². The van der Waals surface area contributed by atoms with Crippen LogP contribution in [0.15, 0.2) is 0 Å². The van der Waals surface area contributed by atoms with E-state index in [9.17, 15) is 10.1 Å². The molecule has 0 aromatic carbocycles. The number of hydrogen-bond donors (Lipinski definition) is 0. The van der Waals surface area contributed by atoms with E-state index in [1.54, 1.807) is 6.92 Å². The van der Waals surface area contributed by atoms with Crippen molar-refractivity contribution >= 4 is 18.0 Å². The van der Waals surface area contributed by atoms with Crippen molar-refractivity contribution in [1.82, 2.24) is 0 Å². The molecule has 0 aliphatic carbocycles. The summed E-state index contributed by atoms with van der Waals surface area (Å²) in [6.07, 6.45) is 4.36. The van der Waals surface area contributed by atoms with Crippen LogP contribution >= 0.6 is 12.0 Å². The van der Waals surface area contributed by atoms with Gasteiger partial charge in [0.05, 0.1) is 6.61 Å². The summed E-state index contributed by atoms with van der Waals surface area (Å²) in [7, 11) is 0. The molecule has 2 atom stereocenters. The molecular weight excluding hydrogens is 267 g/mol. The average molecular weight is 288 g/mol. The second kappa shape index (κ2) is 14.1. The molecule has 0 radical (unpaired) electrons. The van der Waals surface area contributed by atoms with E-state index in [2.05, 4.69) is 23.2 Å². The number of hydrogen-bond acceptors (Lipinski definition) is 6. The zero-order chi connectivity index (χ0) is 13.1. The summed E-state index contributed by atoms with van der Waals surface area (Å²) in [4.78, 5) is 11.5. The van der Waals surface area contributed by atoms with Crippen molar-refractivity contribution in [1.29, 1.82) is 0 Å². The van der Waals surface area contributed by atoms with E-state index >= 15 is 0 Å². The zero-order valence-corrected chi connectivity index (χ0v) is 14.5. The molecule has 0 aliphatic rings. The smallest absolute Gasteiger partial charge is 0.691 e. The minimum Gasteiger partial charge on any atom is -0.691 e. The third-order valence-electron chi connectivity index (χ3n) is 2.55. The SMILES string of the molecule is CCCCC(CC)COC(=O)C(C)SOO[O-].[Na+]. The van der Waals surface area contributed by atoms with Gasteiger partial charge in [0.25, 0.3) is 0 Å². The number of unbranched alkanes of at least 4 members (excludes halogenated alkanes) is 1. The van der Waals surface area contributed by atoms with Crippen molar-refractivity contribution in [2.24, 2.45) is 5.92 Å². The maximum absolute atomic E-state index is 11.5. The van der Waals surface area contributed by atoms with Crippen LogP contribution in [-0.2, 0) is 18.9 Å². The van der Waals surface area contributed by atoms with Gasteiger partial charge in [0.1, 0.15) is 5.25 Å². The molecule has 0 aromatic rings. The molecule has 18 heavy (non-hydrogen) atoms. The van der Waals surface area contributed by atoms with Gasteiger partial charge >= 0.3 is 35.5 Å². The molecule has 2 unspecified atom stereocenters. The fourth-order valence-electron chi connectivity index (χ4n) is 1.33. The minimum atomic E-state index is -0.562. The largest absolute Gasteiger partial charge is 1.00 e. The first-order chi connectivity index (χ1) is 8.15. The maximum Gasteiger partial charge on any atom is 1.00 e. The molecule has 5 nitrogen and oxygen atoms in total. The molecule has 0 heterocycles. The quantitative estimate of drug-likeness (QED) is 0.169. The number of carbonyl (C=O) groups excluding carboxylic acids is 1. The number of ether oxygens (including phenoxy) is 1. The van der Waals surface area contributed by atoms with Gasteiger partial charge in [-0.25, -0.2) is 0 Å². The molecule has 0 saturated heterocycles. The molecule has 0 rings (SSSR count). The Labute approximate surface area is 135 Å². The molecule has 0 aliphatic heterocycles. The van der Waals surface area contributed by atoms with Gasteiger partial charge in [0, 0.05) is 12.0 Å². The normalized spacial score (nSPS) is 13.6. The molecule has 7 heteroatoms. The van der Waals surface area contributed by atoms with Gasteiger partial charge in [-0.15, -0.1) is 0 Å². The van der Waals surface area contributed by atoms with E-state index in [0.717, 1.165) is 25.7 Å². The number of esters is 1. The summed E-state index contributed by atoms with van der Waals surface area (Å²) in [5.41, 5.74) is 0. The summed E-state index contributed by atoms with van der Waals surface area (Å²) < 4.78 is 9.23. The van der Waals surface area contributed by atoms with E-state index in [1.165, 1.54) is 0 Å². The van der Waals surface area contributed by atoms with Crippen molar-refractivity contribution in [3.05, 3.63) is 0 Å². The van der Waals surface area contributed by atoms with Gasteiger partial charge in [0.2, 0.25) is 0 Å². The Bertz CT molecular complexity index is 206. The van der Waals surface area contributed by atoms with Crippen molar-refractivity contribution in [3.63, 3.8) is 0 Å². The van der Waals surface area contributed by atoms with Crippen LogP contribution in [0, 0.1) is 5.92 Å². The third-order valence-corrected chi connectivity index (χ3v) is 3.16. The Morgan fingerprint density at radius 2 is 2.06 bits per heavy atom. The van der Waals surface area contributed by atoms with Gasteiger partial charge in [0.15, 0.2) is 0 Å². The fourth-order valence-corrected chi connectivity index (χ4v) is 1.63. The van der Waals surface area contributed by atoms with Crippen LogP contribution in [0.25, 0.3) is 0 Å². The Morgan fingerprint density at radius 3 is 2.56 bits per heavy atom. The molecule has 0 bridgehead atoms. The monoisotopic (exact) mass is 288 g/mol. The third kappa shape index (κ3) is 10.6. The van der Waals surface area contributed by atoms with Crippen molar-refractivity contribution in [2.45, 2.75) is 51.7 Å². The Balaban J connectivity index is 0. The van der Waals surface area contributed by atoms with E-state index in [0.29, 0.717) is 24.6 Å². The van der Waals surface area contributed by atoms with Crippen LogP contribution in [0.2, 0.25) is 0 Å². The Kier molecular flexibility index (Phi) is 16.5. The molecule has 0 spiro atoms. The van der Waals surface area contributed by atoms with E-state index in [4.69, 9.17) is 4.74 Å². The molecule has 0 amide bonds. The van der Waals surface area contributed by atoms with Gasteiger partial charge in [-0.05, 0) is 19.3 Å². The second-order valence-electron chi connectivity index (χ2n) is 3.92. The topological polar surface area (TPSA) is 67.8 Å². The van der Waals surface area contributed by atoms with Crippen molar-refractivity contribution < 1.29 is 53.7 Å². The number of rotatable bonds is 10. The first kappa shape index (κ1) is 21.0. The maximum atomic E-state index is 11.5. The fraction of sp³-hybridized carbons (Fsp3) is 0.909. The van der Waals surface area contributed by atoms with Crippen LogP contribution in [0.3, 0.4) is 0 Å². The Hall–Kier alpha value is 0.700. The minimum absolute atomic E-state index is 0.